The number of rotatable bonds is 12. The summed E-state index contributed by atoms with van der Waals surface area (Å²) in [5.74, 6) is -1.14. The molecule has 0 radical (unpaired) electrons. The minimum absolute atomic E-state index is 0.0794. The van der Waals surface area contributed by atoms with Crippen LogP contribution in [0.1, 0.15) is 37.0 Å². The number of carbonyl (C=O) groups excluding carboxylic acids is 2. The molecule has 3 aromatic carbocycles. The summed E-state index contributed by atoms with van der Waals surface area (Å²) in [6.07, 6.45) is -4.03. The molecule has 0 unspecified atom stereocenters. The Labute approximate surface area is 234 Å². The van der Waals surface area contributed by atoms with Gasteiger partial charge in [0.25, 0.3) is 0 Å². The van der Waals surface area contributed by atoms with E-state index in [0.717, 1.165) is 16.7 Å². The van der Waals surface area contributed by atoms with Gasteiger partial charge < -0.3 is 28.8 Å². The molecule has 1 aliphatic carbocycles. The Bertz CT molecular complexity index is 1200. The highest BCUT2D eigenvalue weighted by molar-refractivity contribution is 5.67. The first-order valence-corrected chi connectivity index (χ1v) is 13.3. The Morgan fingerprint density at radius 2 is 1.18 bits per heavy atom. The lowest BCUT2D eigenvalue weighted by Crippen LogP contribution is -2.67. The van der Waals surface area contributed by atoms with E-state index >= 15 is 0 Å². The molecule has 0 heterocycles. The number of benzene rings is 3. The molecule has 8 nitrogen and oxygen atoms in total. The number of hydrogen-bond acceptors (Lipinski definition) is 8. The normalized spacial score (nSPS) is 24.3. The molecule has 0 spiro atoms. The molecule has 1 saturated carbocycles. The van der Waals surface area contributed by atoms with Crippen molar-refractivity contribution in [1.82, 2.24) is 0 Å². The topological polar surface area (TPSA) is 101 Å². The Hall–Kier alpha value is -3.56. The van der Waals surface area contributed by atoms with Gasteiger partial charge in [0.2, 0.25) is 0 Å². The van der Waals surface area contributed by atoms with Crippen LogP contribution in [0.4, 0.5) is 0 Å². The van der Waals surface area contributed by atoms with Gasteiger partial charge in [-0.05, 0) is 16.7 Å². The fourth-order valence-electron chi connectivity index (χ4n) is 4.95. The van der Waals surface area contributed by atoms with Gasteiger partial charge in [-0.2, -0.15) is 0 Å². The molecule has 4 rings (SSSR count). The van der Waals surface area contributed by atoms with Gasteiger partial charge in [0.1, 0.15) is 23.9 Å². The Balaban J connectivity index is 1.66. The second-order valence-corrected chi connectivity index (χ2v) is 9.99. The third kappa shape index (κ3) is 8.22. The van der Waals surface area contributed by atoms with Crippen molar-refractivity contribution < 1.29 is 38.4 Å². The van der Waals surface area contributed by atoms with Gasteiger partial charge in [0.05, 0.1) is 26.4 Å². The van der Waals surface area contributed by atoms with E-state index in [-0.39, 0.29) is 32.8 Å². The van der Waals surface area contributed by atoms with E-state index in [9.17, 15) is 14.7 Å². The Kier molecular flexibility index (Phi) is 10.4. The van der Waals surface area contributed by atoms with Crippen molar-refractivity contribution in [3.63, 3.8) is 0 Å². The Morgan fingerprint density at radius 1 is 0.700 bits per heavy atom. The second-order valence-electron chi connectivity index (χ2n) is 9.99. The van der Waals surface area contributed by atoms with Gasteiger partial charge in [0.15, 0.2) is 6.10 Å². The van der Waals surface area contributed by atoms with E-state index in [2.05, 4.69) is 0 Å². The van der Waals surface area contributed by atoms with E-state index in [0.29, 0.717) is 0 Å². The lowest BCUT2D eigenvalue weighted by atomic mass is 9.77. The van der Waals surface area contributed by atoms with Crippen molar-refractivity contribution in [2.24, 2.45) is 0 Å². The average Bonchev–Trinajstić information content (AvgIpc) is 2.94. The van der Waals surface area contributed by atoms with Crippen LogP contribution in [0.3, 0.4) is 0 Å². The molecule has 1 aliphatic rings. The maximum Gasteiger partial charge on any atom is 0.303 e. The lowest BCUT2D eigenvalue weighted by molar-refractivity contribution is -0.270. The average molecular weight is 549 g/mol. The molecule has 212 valence electrons. The van der Waals surface area contributed by atoms with E-state index in [1.54, 1.807) is 0 Å². The van der Waals surface area contributed by atoms with Crippen LogP contribution in [0.5, 0.6) is 0 Å². The van der Waals surface area contributed by atoms with Crippen LogP contribution in [0.25, 0.3) is 0 Å². The smallest absolute Gasteiger partial charge is 0.303 e. The number of ether oxygens (including phenoxy) is 5. The summed E-state index contributed by atoms with van der Waals surface area (Å²) in [6.45, 7) is 3.01. The van der Waals surface area contributed by atoms with Crippen molar-refractivity contribution in [3.05, 3.63) is 108 Å². The van der Waals surface area contributed by atoms with Crippen molar-refractivity contribution in [2.75, 3.05) is 6.61 Å². The minimum atomic E-state index is -1.64. The van der Waals surface area contributed by atoms with Crippen molar-refractivity contribution >= 4 is 11.9 Å². The van der Waals surface area contributed by atoms with Gasteiger partial charge >= 0.3 is 11.9 Å². The predicted octanol–water partition coefficient (Wildman–Crippen LogP) is 4.37. The quantitative estimate of drug-likeness (QED) is 0.333. The van der Waals surface area contributed by atoms with Gasteiger partial charge in [-0.25, -0.2) is 0 Å². The molecular weight excluding hydrogens is 512 g/mol. The number of esters is 2. The van der Waals surface area contributed by atoms with Crippen LogP contribution in [-0.2, 0) is 53.1 Å². The molecular formula is C32H36O8. The van der Waals surface area contributed by atoms with Crippen molar-refractivity contribution in [1.29, 1.82) is 0 Å². The maximum atomic E-state index is 12.2. The number of hydrogen-bond donors (Lipinski definition) is 1. The standard InChI is InChI=1S/C32H36O8/c1-23(33)39-28-18-32(35,22-36-19-25-12-6-3-7-13-25)31(38-21-27-16-10-5-11-17-27)30(29(28)40-24(2)34)37-20-26-14-8-4-9-15-26/h3-17,28-31,35H,18-22H2,1-2H3/t28-,29-,30-,31+,32+/m1/s1. The molecule has 5 atom stereocenters. The molecule has 3 aromatic rings. The lowest BCUT2D eigenvalue weighted by Gasteiger charge is -2.49. The monoisotopic (exact) mass is 548 g/mol. The first-order chi connectivity index (χ1) is 19.3. The highest BCUT2D eigenvalue weighted by Crippen LogP contribution is 2.38. The fourth-order valence-corrected chi connectivity index (χ4v) is 4.95. The van der Waals surface area contributed by atoms with Crippen LogP contribution < -0.4 is 0 Å². The van der Waals surface area contributed by atoms with Crippen molar-refractivity contribution in [3.8, 4) is 0 Å². The summed E-state index contributed by atoms with van der Waals surface area (Å²) >= 11 is 0. The first kappa shape index (κ1) is 29.4. The molecule has 0 bridgehead atoms. The summed E-state index contributed by atoms with van der Waals surface area (Å²) in [7, 11) is 0. The van der Waals surface area contributed by atoms with Gasteiger partial charge in [-0.1, -0.05) is 91.0 Å². The molecule has 0 aromatic heterocycles. The molecule has 0 aliphatic heterocycles. The van der Waals surface area contributed by atoms with Gasteiger partial charge in [-0.15, -0.1) is 0 Å². The highest BCUT2D eigenvalue weighted by Gasteiger charge is 2.57. The van der Waals surface area contributed by atoms with Crippen LogP contribution >= 0.6 is 0 Å². The zero-order chi connectivity index (χ0) is 28.4. The van der Waals surface area contributed by atoms with Crippen LogP contribution in [0, 0.1) is 0 Å². The molecule has 40 heavy (non-hydrogen) atoms. The first-order valence-electron chi connectivity index (χ1n) is 13.3. The molecule has 0 amide bonds. The maximum absolute atomic E-state index is 12.2. The van der Waals surface area contributed by atoms with Crippen molar-refractivity contribution in [2.45, 2.75) is 70.1 Å². The van der Waals surface area contributed by atoms with E-state index in [1.807, 2.05) is 91.0 Å². The zero-order valence-corrected chi connectivity index (χ0v) is 22.8. The van der Waals surface area contributed by atoms with Gasteiger partial charge in [0, 0.05) is 20.3 Å². The SMILES string of the molecule is CC(=O)O[C@H]1[C@@H](OCc2ccccc2)[C@H](OCc2ccccc2)[C@@](O)(COCc2ccccc2)C[C@H]1OC(C)=O. The van der Waals surface area contributed by atoms with Crippen LogP contribution in [0.15, 0.2) is 91.0 Å². The summed E-state index contributed by atoms with van der Waals surface area (Å²) in [6, 6.07) is 28.6. The minimum Gasteiger partial charge on any atom is -0.458 e. The number of carbonyl (C=O) groups is 2. The van der Waals surface area contributed by atoms with E-state index in [4.69, 9.17) is 23.7 Å². The predicted molar refractivity (Wildman–Crippen MR) is 147 cm³/mol. The summed E-state index contributed by atoms with van der Waals surface area (Å²) < 4.78 is 30.0. The van der Waals surface area contributed by atoms with Crippen LogP contribution in [0.2, 0.25) is 0 Å². The summed E-state index contributed by atoms with van der Waals surface area (Å²) in [5.41, 5.74) is 1.07. The summed E-state index contributed by atoms with van der Waals surface area (Å²) in [4.78, 5) is 24.3. The third-order valence-corrected chi connectivity index (χ3v) is 6.71. The largest absolute Gasteiger partial charge is 0.458 e. The van der Waals surface area contributed by atoms with E-state index < -0.39 is 42.0 Å². The highest BCUT2D eigenvalue weighted by atomic mass is 16.6. The fraction of sp³-hybridized carbons (Fsp3) is 0.375. The molecule has 1 N–H and O–H groups in total. The molecule has 0 saturated heterocycles. The molecule has 8 heteroatoms. The van der Waals surface area contributed by atoms with E-state index in [1.165, 1.54) is 13.8 Å². The second kappa shape index (κ2) is 14.2. The zero-order valence-electron chi connectivity index (χ0n) is 22.8. The third-order valence-electron chi connectivity index (χ3n) is 6.71. The van der Waals surface area contributed by atoms with Gasteiger partial charge in [-0.3, -0.25) is 9.59 Å². The summed E-state index contributed by atoms with van der Waals surface area (Å²) in [5, 5.41) is 12.1. The number of aliphatic hydroxyl groups is 1. The molecule has 1 fully saturated rings. The Morgan fingerprint density at radius 3 is 1.68 bits per heavy atom. The van der Waals surface area contributed by atoms with Crippen LogP contribution in [-0.4, -0.2) is 53.7 Å².